The van der Waals surface area contributed by atoms with Crippen LogP contribution in [0.5, 0.6) is 0 Å². The lowest BCUT2D eigenvalue weighted by molar-refractivity contribution is 0.208. The lowest BCUT2D eigenvalue weighted by atomic mass is 9.99. The first-order chi connectivity index (χ1) is 14.5. The van der Waals surface area contributed by atoms with Crippen molar-refractivity contribution in [2.45, 2.75) is 19.8 Å². The zero-order chi connectivity index (χ0) is 21.1. The Morgan fingerprint density at radius 1 is 0.900 bits per heavy atom. The van der Waals surface area contributed by atoms with Crippen molar-refractivity contribution in [2.75, 3.05) is 54.4 Å². The van der Waals surface area contributed by atoms with Crippen LogP contribution in [0.3, 0.4) is 0 Å². The number of amides is 2. The van der Waals surface area contributed by atoms with Gasteiger partial charge in [0.2, 0.25) is 0 Å². The van der Waals surface area contributed by atoms with Gasteiger partial charge in [-0.3, -0.25) is 0 Å². The summed E-state index contributed by atoms with van der Waals surface area (Å²) in [6, 6.07) is 6.57. The van der Waals surface area contributed by atoms with Crippen LogP contribution in [0.4, 0.5) is 30.9 Å². The maximum atomic E-state index is 13.3. The minimum absolute atomic E-state index is 0.105. The third-order valence-corrected chi connectivity index (χ3v) is 5.75. The first-order valence-corrected chi connectivity index (χ1v) is 10.3. The van der Waals surface area contributed by atoms with E-state index >= 15 is 0 Å². The van der Waals surface area contributed by atoms with E-state index in [1.807, 2.05) is 12.1 Å². The van der Waals surface area contributed by atoms with Crippen molar-refractivity contribution in [3.63, 3.8) is 0 Å². The number of hydrogen-bond acceptors (Lipinski definition) is 5. The van der Waals surface area contributed by atoms with Crippen molar-refractivity contribution in [1.82, 2.24) is 15.1 Å². The van der Waals surface area contributed by atoms with E-state index < -0.39 is 11.6 Å². The van der Waals surface area contributed by atoms with Crippen molar-refractivity contribution in [2.24, 2.45) is 5.92 Å². The highest BCUT2D eigenvalue weighted by Gasteiger charge is 2.23. The van der Waals surface area contributed by atoms with E-state index in [9.17, 15) is 13.6 Å². The van der Waals surface area contributed by atoms with Crippen LogP contribution in [0.1, 0.15) is 19.8 Å². The fraction of sp³-hybridized carbons (Fsp3) is 0.476. The smallest absolute Gasteiger partial charge is 0.321 e. The second-order valence-corrected chi connectivity index (χ2v) is 7.98. The number of piperazine rings is 1. The highest BCUT2D eigenvalue weighted by atomic mass is 19.1. The van der Waals surface area contributed by atoms with Crippen LogP contribution in [-0.2, 0) is 0 Å². The molecule has 2 amide bonds. The van der Waals surface area contributed by atoms with Crippen LogP contribution >= 0.6 is 0 Å². The van der Waals surface area contributed by atoms with Crippen molar-refractivity contribution >= 4 is 23.4 Å². The molecule has 9 heteroatoms. The van der Waals surface area contributed by atoms with E-state index in [-0.39, 0.29) is 11.7 Å². The van der Waals surface area contributed by atoms with Gasteiger partial charge in [-0.1, -0.05) is 6.92 Å². The molecule has 2 aromatic rings. The molecule has 0 bridgehead atoms. The third-order valence-electron chi connectivity index (χ3n) is 5.75. The van der Waals surface area contributed by atoms with Gasteiger partial charge in [0, 0.05) is 51.0 Å². The first-order valence-electron chi connectivity index (χ1n) is 10.3. The first kappa shape index (κ1) is 20.3. The molecule has 2 saturated heterocycles. The monoisotopic (exact) mass is 416 g/mol. The second kappa shape index (κ2) is 8.81. The van der Waals surface area contributed by atoms with E-state index in [2.05, 4.69) is 32.2 Å². The van der Waals surface area contributed by atoms with Gasteiger partial charge < -0.3 is 20.0 Å². The molecule has 1 aromatic heterocycles. The second-order valence-electron chi connectivity index (χ2n) is 7.98. The summed E-state index contributed by atoms with van der Waals surface area (Å²) < 4.78 is 26.6. The molecule has 30 heavy (non-hydrogen) atoms. The molecule has 0 unspecified atom stereocenters. The molecule has 160 valence electrons. The number of rotatable bonds is 3. The number of benzene rings is 1. The fourth-order valence-corrected chi connectivity index (χ4v) is 3.86. The van der Waals surface area contributed by atoms with Gasteiger partial charge in [0.05, 0.1) is 0 Å². The number of nitrogens with one attached hydrogen (secondary N) is 1. The van der Waals surface area contributed by atoms with Gasteiger partial charge in [0.15, 0.2) is 11.6 Å². The highest BCUT2D eigenvalue weighted by molar-refractivity contribution is 5.89. The summed E-state index contributed by atoms with van der Waals surface area (Å²) in [5.41, 5.74) is 0.105. The largest absolute Gasteiger partial charge is 0.355 e. The standard InChI is InChI=1S/C21H26F2N6O/c1-15-4-6-27(7-5-15)19-2-3-20(26-25-19)28-8-10-29(11-9-28)21(30)24-18-13-16(22)12-17(23)14-18/h2-3,12-15H,4-11H2,1H3,(H,24,30). The minimum Gasteiger partial charge on any atom is -0.355 e. The molecule has 2 aliphatic rings. The molecule has 0 radical (unpaired) electrons. The Bertz CT molecular complexity index is 857. The number of urea groups is 1. The number of aromatic nitrogens is 2. The molecule has 4 rings (SSSR count). The number of nitrogens with zero attached hydrogens (tertiary/aromatic N) is 5. The number of carbonyl (C=O) groups is 1. The van der Waals surface area contributed by atoms with Crippen LogP contribution in [0.2, 0.25) is 0 Å². The quantitative estimate of drug-likeness (QED) is 0.832. The summed E-state index contributed by atoms with van der Waals surface area (Å²) in [4.78, 5) is 18.4. The molecule has 0 atom stereocenters. The van der Waals surface area contributed by atoms with Gasteiger partial charge in [-0.15, -0.1) is 10.2 Å². The van der Waals surface area contributed by atoms with E-state index in [1.165, 1.54) is 12.8 Å². The Kier molecular flexibility index (Phi) is 5.96. The Balaban J connectivity index is 1.30. The Morgan fingerprint density at radius 2 is 1.43 bits per heavy atom. The molecule has 7 nitrogen and oxygen atoms in total. The minimum atomic E-state index is -0.726. The SMILES string of the molecule is CC1CCN(c2ccc(N3CCN(C(=O)Nc4cc(F)cc(F)c4)CC3)nn2)CC1. The average Bonchev–Trinajstić information content (AvgIpc) is 2.74. The normalized spacial score (nSPS) is 17.9. The number of anilines is 3. The van der Waals surface area contributed by atoms with Gasteiger partial charge in [-0.25, -0.2) is 13.6 Å². The lowest BCUT2D eigenvalue weighted by Crippen LogP contribution is -2.50. The van der Waals surface area contributed by atoms with E-state index in [0.717, 1.165) is 48.8 Å². The van der Waals surface area contributed by atoms with Crippen molar-refractivity contribution in [1.29, 1.82) is 0 Å². The Hall–Kier alpha value is -2.97. The molecule has 1 aromatic carbocycles. The summed E-state index contributed by atoms with van der Waals surface area (Å²) in [7, 11) is 0. The summed E-state index contributed by atoms with van der Waals surface area (Å²) in [6.07, 6.45) is 2.35. The zero-order valence-electron chi connectivity index (χ0n) is 17.0. The van der Waals surface area contributed by atoms with Crippen molar-refractivity contribution in [3.05, 3.63) is 42.0 Å². The van der Waals surface area contributed by atoms with Gasteiger partial charge in [-0.05, 0) is 43.0 Å². The molecule has 1 N–H and O–H groups in total. The van der Waals surface area contributed by atoms with E-state index in [0.29, 0.717) is 26.2 Å². The fourth-order valence-electron chi connectivity index (χ4n) is 3.86. The third kappa shape index (κ3) is 4.77. The Morgan fingerprint density at radius 3 is 1.97 bits per heavy atom. The molecule has 3 heterocycles. The molecular formula is C21H26F2N6O. The van der Waals surface area contributed by atoms with Crippen LogP contribution in [0.25, 0.3) is 0 Å². The van der Waals surface area contributed by atoms with Gasteiger partial charge in [0.25, 0.3) is 0 Å². The number of piperidine rings is 1. The zero-order valence-corrected chi connectivity index (χ0v) is 17.0. The molecule has 0 aliphatic carbocycles. The van der Waals surface area contributed by atoms with E-state index in [1.54, 1.807) is 4.90 Å². The van der Waals surface area contributed by atoms with Gasteiger partial charge in [-0.2, -0.15) is 0 Å². The maximum Gasteiger partial charge on any atom is 0.321 e. The van der Waals surface area contributed by atoms with E-state index in [4.69, 9.17) is 0 Å². The topological polar surface area (TPSA) is 64.6 Å². The molecule has 0 spiro atoms. The predicted molar refractivity (Wildman–Crippen MR) is 112 cm³/mol. The summed E-state index contributed by atoms with van der Waals surface area (Å²) in [6.45, 7) is 6.49. The summed E-state index contributed by atoms with van der Waals surface area (Å²) in [5, 5.41) is 11.3. The van der Waals surface area contributed by atoms with Gasteiger partial charge in [0.1, 0.15) is 11.6 Å². The highest BCUT2D eigenvalue weighted by Crippen LogP contribution is 2.22. The number of carbonyl (C=O) groups excluding carboxylic acids is 1. The summed E-state index contributed by atoms with van der Waals surface area (Å²) in [5.74, 6) is 1.01. The lowest BCUT2D eigenvalue weighted by Gasteiger charge is -2.35. The molecule has 2 aliphatic heterocycles. The molecule has 0 saturated carbocycles. The van der Waals surface area contributed by atoms with Crippen LogP contribution in [0.15, 0.2) is 30.3 Å². The maximum absolute atomic E-state index is 13.3. The molecule has 2 fully saturated rings. The predicted octanol–water partition coefficient (Wildman–Crippen LogP) is 3.35. The van der Waals surface area contributed by atoms with Gasteiger partial charge >= 0.3 is 6.03 Å². The van der Waals surface area contributed by atoms with Crippen molar-refractivity contribution in [3.8, 4) is 0 Å². The Labute approximate surface area is 174 Å². The number of hydrogen-bond donors (Lipinski definition) is 1. The van der Waals surface area contributed by atoms with Crippen molar-refractivity contribution < 1.29 is 13.6 Å². The average molecular weight is 416 g/mol. The number of halogens is 2. The molecular weight excluding hydrogens is 390 g/mol. The van der Waals surface area contributed by atoms with Crippen LogP contribution < -0.4 is 15.1 Å². The van der Waals surface area contributed by atoms with Crippen LogP contribution in [0, 0.1) is 17.6 Å². The van der Waals surface area contributed by atoms with Crippen LogP contribution in [-0.4, -0.2) is 60.4 Å². The summed E-state index contributed by atoms with van der Waals surface area (Å²) >= 11 is 0.